The molecule has 30 heavy (non-hydrogen) atoms. The topological polar surface area (TPSA) is 111 Å². The summed E-state index contributed by atoms with van der Waals surface area (Å²) in [6.07, 6.45) is -0.0581. The maximum absolute atomic E-state index is 12.8. The van der Waals surface area contributed by atoms with E-state index in [1.807, 2.05) is 0 Å². The molecule has 0 spiro atoms. The van der Waals surface area contributed by atoms with Crippen molar-refractivity contribution in [1.82, 2.24) is 10.2 Å². The van der Waals surface area contributed by atoms with Crippen molar-refractivity contribution < 1.29 is 33.4 Å². The fourth-order valence-electron chi connectivity index (χ4n) is 2.56. The molecule has 0 radical (unpaired) electrons. The van der Waals surface area contributed by atoms with Crippen molar-refractivity contribution in [2.24, 2.45) is 0 Å². The van der Waals surface area contributed by atoms with E-state index in [0.717, 1.165) is 0 Å². The van der Waals surface area contributed by atoms with Crippen molar-refractivity contribution in [2.45, 2.75) is 89.5 Å². The Bertz CT molecular complexity index is 682. The second-order valence-corrected chi connectivity index (χ2v) is 9.42. The van der Waals surface area contributed by atoms with E-state index in [1.54, 1.807) is 47.6 Å². The first-order valence-corrected chi connectivity index (χ1v) is 10.1. The molecular formula is C20H31ClN2O7. The Morgan fingerprint density at radius 1 is 1.17 bits per heavy atom. The molecule has 1 saturated heterocycles. The highest BCUT2D eigenvalue weighted by Gasteiger charge is 2.50. The maximum atomic E-state index is 12.8. The molecule has 1 fully saturated rings. The second-order valence-electron chi connectivity index (χ2n) is 8.86. The summed E-state index contributed by atoms with van der Waals surface area (Å²) in [7, 11) is 0. The molecule has 0 saturated carbocycles. The maximum Gasteiger partial charge on any atom is 0.509 e. The molecule has 3 unspecified atom stereocenters. The minimum Gasteiger partial charge on any atom is -0.443 e. The number of nitrogens with zero attached hydrogens (tertiary/aromatic N) is 1. The number of carbonyl (C=O) groups excluding carboxylic acids is 4. The van der Waals surface area contributed by atoms with Gasteiger partial charge in [0.05, 0.1) is 5.38 Å². The van der Waals surface area contributed by atoms with Gasteiger partial charge in [-0.2, -0.15) is 4.90 Å². The number of amides is 4. The highest BCUT2D eigenvalue weighted by molar-refractivity contribution is 6.22. The van der Waals surface area contributed by atoms with E-state index in [9.17, 15) is 19.2 Å². The standard InChI is InChI=1S/C20H31ClN2O7/c1-8-9-10-11-12(21)14(28-18(27)30-20(5,6)7)13-15(24)23(16(25)22-13)17(26)29-19(2,3)4/h8,12-14H,1,9-11H2,2-7H3,(H,22,25). The van der Waals surface area contributed by atoms with Gasteiger partial charge in [0, 0.05) is 0 Å². The lowest BCUT2D eigenvalue weighted by atomic mass is 10.0. The van der Waals surface area contributed by atoms with Gasteiger partial charge in [-0.25, -0.2) is 14.4 Å². The molecule has 3 atom stereocenters. The minimum absolute atomic E-state index is 0.342. The van der Waals surface area contributed by atoms with Gasteiger partial charge in [-0.3, -0.25) is 4.79 Å². The number of urea groups is 1. The van der Waals surface area contributed by atoms with E-state index in [0.29, 0.717) is 24.2 Å². The number of alkyl halides is 1. The molecule has 0 aromatic rings. The Labute approximate surface area is 182 Å². The zero-order valence-corrected chi connectivity index (χ0v) is 19.1. The SMILES string of the molecule is C=CCCCC(Cl)C(OC(=O)OC(C)(C)C)C1NC(=O)N(C(=O)OC(C)(C)C)C1=O. The molecule has 1 aliphatic rings. The first kappa shape index (κ1) is 25.7. The summed E-state index contributed by atoms with van der Waals surface area (Å²) in [5, 5.41) is 1.53. The molecule has 0 aromatic carbocycles. The highest BCUT2D eigenvalue weighted by Crippen LogP contribution is 2.24. The van der Waals surface area contributed by atoms with E-state index in [1.165, 1.54) is 0 Å². The molecule has 4 amide bonds. The average Bonchev–Trinajstić information content (AvgIpc) is 2.84. The monoisotopic (exact) mass is 446 g/mol. The van der Waals surface area contributed by atoms with Crippen LogP contribution in [0.5, 0.6) is 0 Å². The third-order valence-corrected chi connectivity index (χ3v) is 4.21. The van der Waals surface area contributed by atoms with Crippen LogP contribution < -0.4 is 5.32 Å². The Morgan fingerprint density at radius 2 is 1.73 bits per heavy atom. The fraction of sp³-hybridized carbons (Fsp3) is 0.700. The van der Waals surface area contributed by atoms with Gasteiger partial charge in [-0.05, 0) is 60.8 Å². The van der Waals surface area contributed by atoms with E-state index in [4.69, 9.17) is 25.8 Å². The Kier molecular flexibility index (Phi) is 8.71. The van der Waals surface area contributed by atoms with Gasteiger partial charge in [-0.1, -0.05) is 6.08 Å². The summed E-state index contributed by atoms with van der Waals surface area (Å²) in [6, 6.07) is -2.34. The van der Waals surface area contributed by atoms with Crippen LogP contribution in [0.4, 0.5) is 14.4 Å². The third kappa shape index (κ3) is 7.85. The number of imide groups is 3. The van der Waals surface area contributed by atoms with Gasteiger partial charge in [0.15, 0.2) is 6.10 Å². The van der Waals surface area contributed by atoms with Crippen molar-refractivity contribution in [1.29, 1.82) is 0 Å². The summed E-state index contributed by atoms with van der Waals surface area (Å²) < 4.78 is 15.6. The van der Waals surface area contributed by atoms with Crippen LogP contribution in [-0.4, -0.2) is 57.8 Å². The van der Waals surface area contributed by atoms with Crippen LogP contribution in [0.15, 0.2) is 12.7 Å². The first-order chi connectivity index (χ1) is 13.7. The average molecular weight is 447 g/mol. The number of carbonyl (C=O) groups is 4. The van der Waals surface area contributed by atoms with Crippen LogP contribution in [0, 0.1) is 0 Å². The van der Waals surface area contributed by atoms with E-state index in [-0.39, 0.29) is 0 Å². The fourth-order valence-corrected chi connectivity index (χ4v) is 2.91. The summed E-state index contributed by atoms with van der Waals surface area (Å²) in [5.74, 6) is -0.919. The molecule has 0 aromatic heterocycles. The molecule has 0 aliphatic carbocycles. The number of halogens is 1. The molecule has 10 heteroatoms. The number of unbranched alkanes of at least 4 members (excludes halogenated alkanes) is 1. The van der Waals surface area contributed by atoms with Gasteiger partial charge >= 0.3 is 18.3 Å². The molecule has 9 nitrogen and oxygen atoms in total. The molecule has 1 rings (SSSR count). The number of hydrogen-bond donors (Lipinski definition) is 1. The molecule has 1 aliphatic heterocycles. The Balaban J connectivity index is 3.06. The van der Waals surface area contributed by atoms with E-state index in [2.05, 4.69) is 11.9 Å². The number of ether oxygens (including phenoxy) is 3. The number of hydrogen-bond acceptors (Lipinski definition) is 7. The lowest BCUT2D eigenvalue weighted by molar-refractivity contribution is -0.129. The zero-order chi connectivity index (χ0) is 23.3. The predicted octanol–water partition coefficient (Wildman–Crippen LogP) is 4.13. The lowest BCUT2D eigenvalue weighted by Crippen LogP contribution is -2.49. The van der Waals surface area contributed by atoms with Crippen LogP contribution in [0.3, 0.4) is 0 Å². The molecular weight excluding hydrogens is 416 g/mol. The molecule has 0 bridgehead atoms. The van der Waals surface area contributed by atoms with Crippen molar-refractivity contribution in [3.8, 4) is 0 Å². The normalized spacial score (nSPS) is 19.0. The van der Waals surface area contributed by atoms with Crippen LogP contribution in [0.25, 0.3) is 0 Å². The van der Waals surface area contributed by atoms with E-state index < -0.39 is 52.9 Å². The number of nitrogens with one attached hydrogen (secondary N) is 1. The van der Waals surface area contributed by atoms with E-state index >= 15 is 0 Å². The Morgan fingerprint density at radius 3 is 2.23 bits per heavy atom. The van der Waals surface area contributed by atoms with Crippen molar-refractivity contribution in [2.75, 3.05) is 0 Å². The van der Waals surface area contributed by atoms with Crippen LogP contribution in [0.2, 0.25) is 0 Å². The van der Waals surface area contributed by atoms with Gasteiger partial charge < -0.3 is 19.5 Å². The smallest absolute Gasteiger partial charge is 0.443 e. The number of rotatable bonds is 7. The third-order valence-electron chi connectivity index (χ3n) is 3.74. The van der Waals surface area contributed by atoms with Crippen LogP contribution in [-0.2, 0) is 19.0 Å². The van der Waals surface area contributed by atoms with Gasteiger partial charge in [0.2, 0.25) is 0 Å². The van der Waals surface area contributed by atoms with Crippen molar-refractivity contribution in [3.05, 3.63) is 12.7 Å². The van der Waals surface area contributed by atoms with Crippen LogP contribution in [0.1, 0.15) is 60.8 Å². The molecule has 1 N–H and O–H groups in total. The predicted molar refractivity (Wildman–Crippen MR) is 110 cm³/mol. The molecule has 1 heterocycles. The summed E-state index contributed by atoms with van der Waals surface area (Å²) in [4.78, 5) is 49.9. The highest BCUT2D eigenvalue weighted by atomic mass is 35.5. The summed E-state index contributed by atoms with van der Waals surface area (Å²) in [6.45, 7) is 13.4. The largest absolute Gasteiger partial charge is 0.509 e. The summed E-state index contributed by atoms with van der Waals surface area (Å²) in [5.41, 5.74) is -1.75. The minimum atomic E-state index is -1.36. The lowest BCUT2D eigenvalue weighted by Gasteiger charge is -2.28. The van der Waals surface area contributed by atoms with Crippen molar-refractivity contribution in [3.63, 3.8) is 0 Å². The second kappa shape index (κ2) is 10.1. The van der Waals surface area contributed by atoms with Crippen molar-refractivity contribution >= 4 is 35.8 Å². The zero-order valence-electron chi connectivity index (χ0n) is 18.3. The van der Waals surface area contributed by atoms with Crippen LogP contribution >= 0.6 is 11.6 Å². The Hall–Kier alpha value is -2.29. The van der Waals surface area contributed by atoms with Gasteiger partial charge in [0.1, 0.15) is 17.2 Å². The quantitative estimate of drug-likeness (QED) is 0.206. The first-order valence-electron chi connectivity index (χ1n) is 9.68. The molecule has 170 valence electrons. The van der Waals surface area contributed by atoms with Gasteiger partial charge in [0.25, 0.3) is 5.91 Å². The number of allylic oxidation sites excluding steroid dienone is 1. The summed E-state index contributed by atoms with van der Waals surface area (Å²) >= 11 is 6.42. The van der Waals surface area contributed by atoms with Gasteiger partial charge in [-0.15, -0.1) is 18.2 Å².